The van der Waals surface area contributed by atoms with Crippen molar-refractivity contribution in [3.05, 3.63) is 41.1 Å². The molecule has 0 saturated heterocycles. The third kappa shape index (κ3) is 1.61. The topological polar surface area (TPSA) is 41.8 Å². The van der Waals surface area contributed by atoms with E-state index in [-0.39, 0.29) is 5.91 Å². The first-order chi connectivity index (χ1) is 7.24. The van der Waals surface area contributed by atoms with Gasteiger partial charge in [-0.05, 0) is 24.5 Å². The fourth-order valence-corrected chi connectivity index (χ4v) is 1.76. The van der Waals surface area contributed by atoms with Crippen LogP contribution in [-0.2, 0) is 11.2 Å². The van der Waals surface area contributed by atoms with Gasteiger partial charge in [-0.25, -0.2) is 0 Å². The lowest BCUT2D eigenvalue weighted by molar-refractivity contribution is -0.112. The Morgan fingerprint density at radius 2 is 1.93 bits per heavy atom. The van der Waals surface area contributed by atoms with E-state index in [0.29, 0.717) is 11.3 Å². The molecule has 0 aliphatic carbocycles. The van der Waals surface area contributed by atoms with Crippen LogP contribution in [0.2, 0.25) is 0 Å². The van der Waals surface area contributed by atoms with Crippen molar-refractivity contribution in [3.8, 4) is 0 Å². The maximum atomic E-state index is 11.5. The lowest BCUT2D eigenvalue weighted by Crippen LogP contribution is -1.99. The molecule has 1 heterocycles. The summed E-state index contributed by atoms with van der Waals surface area (Å²) in [6, 6.07) is 7.89. The molecule has 1 aromatic rings. The molecule has 0 bridgehead atoms. The largest absolute Gasteiger partial charge is 0.297 e. The Labute approximate surface area is 88.5 Å². The molecule has 1 aromatic carbocycles. The van der Waals surface area contributed by atoms with E-state index in [4.69, 9.17) is 0 Å². The molecule has 15 heavy (non-hydrogen) atoms. The number of hydrogen-bond donors (Lipinski definition) is 0. The van der Waals surface area contributed by atoms with Crippen molar-refractivity contribution in [2.24, 2.45) is 10.2 Å². The molecule has 0 spiro atoms. The molecule has 0 radical (unpaired) electrons. The highest BCUT2D eigenvalue weighted by Gasteiger charge is 2.21. The highest BCUT2D eigenvalue weighted by molar-refractivity contribution is 6.22. The summed E-state index contributed by atoms with van der Waals surface area (Å²) < 4.78 is 0. The van der Waals surface area contributed by atoms with Crippen molar-refractivity contribution in [2.45, 2.75) is 20.3 Å². The second-order valence-corrected chi connectivity index (χ2v) is 3.48. The Balaban J connectivity index is 2.56. The summed E-state index contributed by atoms with van der Waals surface area (Å²) in [5.41, 5.74) is 3.48. The summed E-state index contributed by atoms with van der Waals surface area (Å²) in [4.78, 5) is 11.5. The Hall–Kier alpha value is -1.77. The van der Waals surface area contributed by atoms with Crippen LogP contribution >= 0.6 is 0 Å². The van der Waals surface area contributed by atoms with Gasteiger partial charge in [0.25, 0.3) is 5.91 Å². The fourth-order valence-electron chi connectivity index (χ4n) is 1.76. The smallest absolute Gasteiger partial charge is 0.265 e. The van der Waals surface area contributed by atoms with Crippen LogP contribution in [-0.4, -0.2) is 5.91 Å². The molecule has 0 fully saturated rings. The summed E-state index contributed by atoms with van der Waals surface area (Å²) in [6.07, 6.45) is 0.903. The van der Waals surface area contributed by atoms with Crippen molar-refractivity contribution in [2.75, 3.05) is 0 Å². The zero-order chi connectivity index (χ0) is 10.8. The van der Waals surface area contributed by atoms with Gasteiger partial charge in [0.15, 0.2) is 0 Å². The van der Waals surface area contributed by atoms with Crippen LogP contribution < -0.4 is 0 Å². The van der Waals surface area contributed by atoms with Crippen molar-refractivity contribution in [1.29, 1.82) is 0 Å². The first-order valence-electron chi connectivity index (χ1n) is 4.99. The minimum atomic E-state index is -0.228. The molecule has 0 N–H and O–H groups in total. The molecular formula is C12H12N2O. The molecule has 3 heteroatoms. The predicted octanol–water partition coefficient (Wildman–Crippen LogP) is 2.97. The molecule has 0 saturated carbocycles. The maximum Gasteiger partial charge on any atom is 0.297 e. The van der Waals surface area contributed by atoms with Crippen LogP contribution in [0.15, 0.2) is 40.2 Å². The molecule has 2 rings (SSSR count). The third-order valence-corrected chi connectivity index (χ3v) is 2.53. The Morgan fingerprint density at radius 3 is 2.53 bits per heavy atom. The zero-order valence-corrected chi connectivity index (χ0v) is 8.82. The number of aryl methyl sites for hydroxylation is 1. The maximum absolute atomic E-state index is 11.5. The second kappa shape index (κ2) is 3.77. The van der Waals surface area contributed by atoms with E-state index in [0.717, 1.165) is 17.5 Å². The van der Waals surface area contributed by atoms with Gasteiger partial charge in [-0.1, -0.05) is 31.2 Å². The fraction of sp³-hybridized carbons (Fsp3) is 0.250. The van der Waals surface area contributed by atoms with Crippen LogP contribution in [0.3, 0.4) is 0 Å². The van der Waals surface area contributed by atoms with Gasteiger partial charge in [0.2, 0.25) is 0 Å². The molecule has 1 amide bonds. The van der Waals surface area contributed by atoms with Crippen LogP contribution in [0.25, 0.3) is 5.57 Å². The molecule has 1 aliphatic rings. The Kier molecular flexibility index (Phi) is 2.46. The van der Waals surface area contributed by atoms with Gasteiger partial charge in [0, 0.05) is 0 Å². The summed E-state index contributed by atoms with van der Waals surface area (Å²) in [7, 11) is 0. The number of azo groups is 1. The lowest BCUT2D eigenvalue weighted by atomic mass is 9.97. The number of benzene rings is 1. The van der Waals surface area contributed by atoms with Gasteiger partial charge in [-0.15, -0.1) is 5.11 Å². The van der Waals surface area contributed by atoms with Gasteiger partial charge >= 0.3 is 0 Å². The molecule has 0 atom stereocenters. The normalized spacial score (nSPS) is 15.2. The van der Waals surface area contributed by atoms with E-state index in [1.807, 2.05) is 31.2 Å². The van der Waals surface area contributed by atoms with E-state index < -0.39 is 0 Å². The standard InChI is InChI=1S/C12H12N2O/c1-3-9-6-4-5-7-10(9)11-8(2)13-14-12(11)15/h4-7H,3H2,1-2H3. The highest BCUT2D eigenvalue weighted by atomic mass is 16.2. The van der Waals surface area contributed by atoms with Crippen LogP contribution in [0.4, 0.5) is 0 Å². The van der Waals surface area contributed by atoms with Gasteiger partial charge in [-0.3, -0.25) is 4.79 Å². The van der Waals surface area contributed by atoms with E-state index >= 15 is 0 Å². The average Bonchev–Trinajstić information content (AvgIpc) is 2.59. The number of allylic oxidation sites excluding steroid dienone is 1. The van der Waals surface area contributed by atoms with Crippen LogP contribution in [0.5, 0.6) is 0 Å². The number of amides is 1. The van der Waals surface area contributed by atoms with Crippen molar-refractivity contribution < 1.29 is 4.79 Å². The van der Waals surface area contributed by atoms with Crippen molar-refractivity contribution in [3.63, 3.8) is 0 Å². The summed E-state index contributed by atoms with van der Waals surface area (Å²) in [6.45, 7) is 3.89. The van der Waals surface area contributed by atoms with Gasteiger partial charge in [0.1, 0.15) is 0 Å². The molecule has 0 unspecified atom stereocenters. The molecule has 1 aliphatic heterocycles. The van der Waals surface area contributed by atoms with Gasteiger partial charge < -0.3 is 0 Å². The summed E-state index contributed by atoms with van der Waals surface area (Å²) in [5.74, 6) is -0.228. The van der Waals surface area contributed by atoms with Crippen molar-refractivity contribution in [1.82, 2.24) is 0 Å². The number of hydrogen-bond acceptors (Lipinski definition) is 2. The number of carbonyl (C=O) groups is 1. The molecule has 3 nitrogen and oxygen atoms in total. The second-order valence-electron chi connectivity index (χ2n) is 3.48. The minimum absolute atomic E-state index is 0.228. The van der Waals surface area contributed by atoms with Crippen molar-refractivity contribution >= 4 is 11.5 Å². The predicted molar refractivity (Wildman–Crippen MR) is 58.3 cm³/mol. The summed E-state index contributed by atoms with van der Waals surface area (Å²) in [5, 5.41) is 7.37. The van der Waals surface area contributed by atoms with E-state index in [1.54, 1.807) is 0 Å². The van der Waals surface area contributed by atoms with Gasteiger partial charge in [-0.2, -0.15) is 5.11 Å². The van der Waals surface area contributed by atoms with E-state index in [2.05, 4.69) is 17.2 Å². The highest BCUT2D eigenvalue weighted by Crippen LogP contribution is 2.28. The number of carbonyl (C=O) groups excluding carboxylic acids is 1. The van der Waals surface area contributed by atoms with Gasteiger partial charge in [0.05, 0.1) is 11.3 Å². The first-order valence-corrected chi connectivity index (χ1v) is 4.99. The molecule has 0 aromatic heterocycles. The van der Waals surface area contributed by atoms with Crippen LogP contribution in [0.1, 0.15) is 25.0 Å². The minimum Gasteiger partial charge on any atom is -0.265 e. The number of rotatable bonds is 2. The monoisotopic (exact) mass is 200 g/mol. The number of nitrogens with zero attached hydrogens (tertiary/aromatic N) is 2. The van der Waals surface area contributed by atoms with E-state index in [9.17, 15) is 4.79 Å². The van der Waals surface area contributed by atoms with E-state index in [1.165, 1.54) is 0 Å². The summed E-state index contributed by atoms with van der Waals surface area (Å²) >= 11 is 0. The zero-order valence-electron chi connectivity index (χ0n) is 8.82. The Bertz CT molecular complexity index is 472. The quantitative estimate of drug-likeness (QED) is 0.723. The SMILES string of the molecule is CCc1ccccc1C1=C(C)N=NC1=O. The van der Waals surface area contributed by atoms with Crippen LogP contribution in [0, 0.1) is 0 Å². The molecular weight excluding hydrogens is 188 g/mol. The third-order valence-electron chi connectivity index (χ3n) is 2.53. The lowest BCUT2D eigenvalue weighted by Gasteiger charge is -2.06. The first kappa shape index (κ1) is 9.77. The molecule has 76 valence electrons. The Morgan fingerprint density at radius 1 is 1.20 bits per heavy atom. The average molecular weight is 200 g/mol.